The highest BCUT2D eigenvalue weighted by atomic mass is 35.5. The zero-order valence-corrected chi connectivity index (χ0v) is 19.0. The summed E-state index contributed by atoms with van der Waals surface area (Å²) in [5.74, 6) is 0.696. The number of urea groups is 1. The number of nitrogens with zero attached hydrogens (tertiary/aromatic N) is 3. The number of benzene rings is 1. The van der Waals surface area contributed by atoms with E-state index in [1.54, 1.807) is 12.1 Å². The van der Waals surface area contributed by atoms with Crippen molar-refractivity contribution < 1.29 is 4.79 Å². The molecule has 0 aliphatic heterocycles. The van der Waals surface area contributed by atoms with Gasteiger partial charge in [0.25, 0.3) is 0 Å². The molecular weight excluding hydrogens is 425 g/mol. The van der Waals surface area contributed by atoms with E-state index in [0.29, 0.717) is 45.7 Å². The van der Waals surface area contributed by atoms with Gasteiger partial charge in [-0.2, -0.15) is 0 Å². The van der Waals surface area contributed by atoms with Crippen LogP contribution in [0.5, 0.6) is 0 Å². The van der Waals surface area contributed by atoms with Crippen LogP contribution in [0.3, 0.4) is 0 Å². The lowest BCUT2D eigenvalue weighted by Gasteiger charge is -2.30. The highest BCUT2D eigenvalue weighted by Crippen LogP contribution is 2.25. The van der Waals surface area contributed by atoms with Gasteiger partial charge in [0.1, 0.15) is 18.0 Å². The van der Waals surface area contributed by atoms with Crippen molar-refractivity contribution in [2.75, 3.05) is 29.0 Å². The van der Waals surface area contributed by atoms with Gasteiger partial charge < -0.3 is 16.0 Å². The minimum atomic E-state index is -0.544. The predicted molar refractivity (Wildman–Crippen MR) is 124 cm³/mol. The fraction of sp³-hybridized carbons (Fsp3) is 0.400. The number of amides is 2. The van der Waals surface area contributed by atoms with Crippen LogP contribution in [0.15, 0.2) is 24.5 Å². The minimum Gasteiger partial charge on any atom is -0.368 e. The lowest BCUT2D eigenvalue weighted by Crippen LogP contribution is -2.40. The molecule has 4 N–H and O–H groups in total. The van der Waals surface area contributed by atoms with E-state index >= 15 is 0 Å². The van der Waals surface area contributed by atoms with E-state index < -0.39 is 6.03 Å². The first-order valence-electron chi connectivity index (χ1n) is 9.61. The van der Waals surface area contributed by atoms with Gasteiger partial charge in [-0.1, -0.05) is 23.2 Å². The third-order valence-electron chi connectivity index (χ3n) is 4.43. The van der Waals surface area contributed by atoms with Gasteiger partial charge in [-0.3, -0.25) is 10.2 Å². The molecule has 2 amide bonds. The molecule has 10 heteroatoms. The maximum atomic E-state index is 12.4. The molecule has 0 radical (unpaired) electrons. The molecule has 0 saturated carbocycles. The maximum absolute atomic E-state index is 12.4. The average Bonchev–Trinajstić information content (AvgIpc) is 2.67. The first kappa shape index (κ1) is 23.9. The summed E-state index contributed by atoms with van der Waals surface area (Å²) in [6, 6.07) is 5.05. The molecular formula is C20H27Cl2N7O. The van der Waals surface area contributed by atoms with E-state index in [1.165, 1.54) is 12.4 Å². The lowest BCUT2D eigenvalue weighted by molar-refractivity contribution is 0.182. The molecule has 0 bridgehead atoms. The minimum absolute atomic E-state index is 0.217. The number of halogens is 2. The molecule has 0 unspecified atom stereocenters. The molecule has 1 aromatic carbocycles. The van der Waals surface area contributed by atoms with Crippen molar-refractivity contribution in [2.45, 2.75) is 39.8 Å². The molecule has 0 aliphatic rings. The largest absolute Gasteiger partial charge is 0.368 e. The van der Waals surface area contributed by atoms with Gasteiger partial charge in [0.05, 0.1) is 16.3 Å². The smallest absolute Gasteiger partial charge is 0.324 e. The number of aromatic nitrogens is 2. The summed E-state index contributed by atoms with van der Waals surface area (Å²) in [4.78, 5) is 23.0. The zero-order valence-electron chi connectivity index (χ0n) is 17.5. The number of nitrogens with one attached hydrogen (secondary N) is 4. The number of hydrogen-bond donors (Lipinski definition) is 4. The van der Waals surface area contributed by atoms with Crippen molar-refractivity contribution >= 4 is 52.8 Å². The number of carbonyl (C=O) groups is 1. The molecule has 8 nitrogen and oxygen atoms in total. The van der Waals surface area contributed by atoms with Crippen molar-refractivity contribution in [1.29, 1.82) is 5.41 Å². The monoisotopic (exact) mass is 451 g/mol. The van der Waals surface area contributed by atoms with Gasteiger partial charge in [0.15, 0.2) is 0 Å². The Balaban J connectivity index is 2.07. The second-order valence-electron chi connectivity index (χ2n) is 7.18. The second kappa shape index (κ2) is 11.1. The van der Waals surface area contributed by atoms with Crippen molar-refractivity contribution in [3.8, 4) is 0 Å². The highest BCUT2D eigenvalue weighted by Gasteiger charge is 2.15. The van der Waals surface area contributed by atoms with E-state index in [1.807, 2.05) is 0 Å². The zero-order chi connectivity index (χ0) is 22.3. The maximum Gasteiger partial charge on any atom is 0.324 e. The van der Waals surface area contributed by atoms with Crippen LogP contribution in [0.2, 0.25) is 10.0 Å². The quantitative estimate of drug-likeness (QED) is 0.403. The summed E-state index contributed by atoms with van der Waals surface area (Å²) in [5, 5.41) is 17.0. The van der Waals surface area contributed by atoms with Crippen LogP contribution in [-0.4, -0.2) is 52.3 Å². The Morgan fingerprint density at radius 1 is 1.13 bits per heavy atom. The molecule has 162 valence electrons. The fourth-order valence-electron chi connectivity index (χ4n) is 3.04. The summed E-state index contributed by atoms with van der Waals surface area (Å²) >= 11 is 12.0. The first-order chi connectivity index (χ1) is 14.2. The summed E-state index contributed by atoms with van der Waals surface area (Å²) in [6.45, 7) is 10.1. The van der Waals surface area contributed by atoms with Gasteiger partial charge in [-0.25, -0.2) is 14.8 Å². The standard InChI is InChI=1S/C20H27Cl2N7O/c1-12(2)29(13(3)4)8-7-24-18-15(10-23)19(26-11-25-18)28-20(30)27-17-6-5-14(21)9-16(17)22/h5-6,9-13,23H,7-8H2,1-4H3,(H3,24,25,26,27,28,30). The molecule has 1 heterocycles. The van der Waals surface area contributed by atoms with E-state index in [4.69, 9.17) is 28.6 Å². The Labute approximate surface area is 186 Å². The Kier molecular flexibility index (Phi) is 8.83. The van der Waals surface area contributed by atoms with E-state index in [9.17, 15) is 4.79 Å². The molecule has 0 aliphatic carbocycles. The number of hydrogen-bond acceptors (Lipinski definition) is 6. The molecule has 0 saturated heterocycles. The van der Waals surface area contributed by atoms with Crippen molar-refractivity contribution in [2.24, 2.45) is 0 Å². The number of anilines is 3. The number of rotatable bonds is 9. The van der Waals surface area contributed by atoms with Gasteiger partial charge >= 0.3 is 6.03 Å². The van der Waals surface area contributed by atoms with Gasteiger partial charge in [0.2, 0.25) is 0 Å². The lowest BCUT2D eigenvalue weighted by atomic mass is 10.2. The van der Waals surface area contributed by atoms with E-state index in [0.717, 1.165) is 12.8 Å². The summed E-state index contributed by atoms with van der Waals surface area (Å²) < 4.78 is 0. The van der Waals surface area contributed by atoms with Crippen LogP contribution in [0, 0.1) is 5.41 Å². The molecule has 30 heavy (non-hydrogen) atoms. The van der Waals surface area contributed by atoms with Crippen LogP contribution in [-0.2, 0) is 0 Å². The third-order valence-corrected chi connectivity index (χ3v) is 4.98. The van der Waals surface area contributed by atoms with Gasteiger partial charge in [-0.15, -0.1) is 0 Å². The molecule has 0 atom stereocenters. The van der Waals surface area contributed by atoms with Crippen molar-refractivity contribution in [3.63, 3.8) is 0 Å². The first-order valence-corrected chi connectivity index (χ1v) is 10.4. The van der Waals surface area contributed by atoms with E-state index in [-0.39, 0.29) is 5.82 Å². The number of carbonyl (C=O) groups excluding carboxylic acids is 1. The molecule has 2 rings (SSSR count). The van der Waals surface area contributed by atoms with Crippen LogP contribution in [0.1, 0.15) is 33.3 Å². The SMILES string of the molecule is CC(C)N(CCNc1ncnc(NC(=O)Nc2ccc(Cl)cc2Cl)c1C=N)C(C)C. The molecule has 0 fully saturated rings. The molecule has 2 aromatic rings. The predicted octanol–water partition coefficient (Wildman–Crippen LogP) is 4.96. The molecule has 1 aromatic heterocycles. The van der Waals surface area contributed by atoms with Crippen LogP contribution < -0.4 is 16.0 Å². The molecule has 0 spiro atoms. The van der Waals surface area contributed by atoms with Crippen LogP contribution in [0.25, 0.3) is 0 Å². The Hall–Kier alpha value is -2.42. The van der Waals surface area contributed by atoms with Gasteiger partial charge in [-0.05, 0) is 45.9 Å². The second-order valence-corrected chi connectivity index (χ2v) is 8.03. The Bertz CT molecular complexity index is 881. The van der Waals surface area contributed by atoms with Gasteiger partial charge in [0, 0.05) is 36.4 Å². The topological polar surface area (TPSA) is 106 Å². The summed E-state index contributed by atoms with van der Waals surface area (Å²) in [7, 11) is 0. The summed E-state index contributed by atoms with van der Waals surface area (Å²) in [5.41, 5.74) is 0.792. The van der Waals surface area contributed by atoms with Crippen molar-refractivity contribution in [3.05, 3.63) is 40.1 Å². The van der Waals surface area contributed by atoms with E-state index in [2.05, 4.69) is 58.5 Å². The van der Waals surface area contributed by atoms with Crippen molar-refractivity contribution in [1.82, 2.24) is 14.9 Å². The van der Waals surface area contributed by atoms with Crippen LogP contribution >= 0.6 is 23.2 Å². The average molecular weight is 452 g/mol. The normalized spacial score (nSPS) is 11.1. The third kappa shape index (κ3) is 6.55. The summed E-state index contributed by atoms with van der Waals surface area (Å²) in [6.07, 6.45) is 2.44. The Morgan fingerprint density at radius 2 is 1.80 bits per heavy atom. The fourth-order valence-corrected chi connectivity index (χ4v) is 3.50. The Morgan fingerprint density at radius 3 is 2.40 bits per heavy atom. The highest BCUT2D eigenvalue weighted by molar-refractivity contribution is 6.36. The van der Waals surface area contributed by atoms with Crippen LogP contribution in [0.4, 0.5) is 22.1 Å².